The summed E-state index contributed by atoms with van der Waals surface area (Å²) >= 11 is 0. The van der Waals surface area contributed by atoms with Crippen molar-refractivity contribution in [3.05, 3.63) is 46.8 Å². The summed E-state index contributed by atoms with van der Waals surface area (Å²) in [5, 5.41) is 4.64. The third-order valence-corrected chi connectivity index (χ3v) is 3.49. The first kappa shape index (κ1) is 10.5. The van der Waals surface area contributed by atoms with Crippen molar-refractivity contribution in [3.63, 3.8) is 0 Å². The standard InChI is InChI=1S/C14H17N3/c1-10-5-7-11(8-6-10)17-14-4-2-3-12(14)13(9-15)16-17/h5-8H,2-4,9,15H2,1H3. The number of aryl methyl sites for hydroxylation is 1. The predicted octanol–water partition coefficient (Wildman–Crippen LogP) is 2.13. The smallest absolute Gasteiger partial charge is 0.0799 e. The minimum atomic E-state index is 0.543. The maximum absolute atomic E-state index is 5.76. The van der Waals surface area contributed by atoms with E-state index in [-0.39, 0.29) is 0 Å². The van der Waals surface area contributed by atoms with Crippen LogP contribution in [0.3, 0.4) is 0 Å². The molecule has 0 fully saturated rings. The molecule has 0 atom stereocenters. The largest absolute Gasteiger partial charge is 0.325 e. The average Bonchev–Trinajstić information content (AvgIpc) is 2.91. The van der Waals surface area contributed by atoms with Crippen molar-refractivity contribution in [2.24, 2.45) is 5.73 Å². The van der Waals surface area contributed by atoms with E-state index in [1.807, 2.05) is 0 Å². The maximum atomic E-state index is 5.76. The molecule has 0 unspecified atom stereocenters. The van der Waals surface area contributed by atoms with Gasteiger partial charge in [0, 0.05) is 12.2 Å². The lowest BCUT2D eigenvalue weighted by atomic mass is 10.2. The number of fused-ring (bicyclic) bond motifs is 1. The van der Waals surface area contributed by atoms with Gasteiger partial charge in [0.25, 0.3) is 0 Å². The molecule has 2 N–H and O–H groups in total. The molecule has 3 rings (SSSR count). The van der Waals surface area contributed by atoms with Crippen LogP contribution in [0.5, 0.6) is 0 Å². The van der Waals surface area contributed by atoms with Crippen molar-refractivity contribution in [2.75, 3.05) is 0 Å². The summed E-state index contributed by atoms with van der Waals surface area (Å²) in [5.41, 5.74) is 12.0. The molecule has 1 aromatic carbocycles. The normalized spacial score (nSPS) is 14.0. The Morgan fingerprint density at radius 2 is 2.00 bits per heavy atom. The van der Waals surface area contributed by atoms with Crippen molar-refractivity contribution in [1.82, 2.24) is 9.78 Å². The highest BCUT2D eigenvalue weighted by Crippen LogP contribution is 2.27. The lowest BCUT2D eigenvalue weighted by molar-refractivity contribution is 0.758. The van der Waals surface area contributed by atoms with Crippen LogP contribution in [0, 0.1) is 6.92 Å². The SMILES string of the molecule is Cc1ccc(-n2nc(CN)c3c2CCC3)cc1. The Morgan fingerprint density at radius 3 is 2.71 bits per heavy atom. The summed E-state index contributed by atoms with van der Waals surface area (Å²) in [6.07, 6.45) is 3.48. The summed E-state index contributed by atoms with van der Waals surface area (Å²) < 4.78 is 2.07. The molecule has 1 heterocycles. The Kier molecular flexibility index (Phi) is 2.48. The van der Waals surface area contributed by atoms with Gasteiger partial charge in [0.15, 0.2) is 0 Å². The minimum absolute atomic E-state index is 0.543. The van der Waals surface area contributed by atoms with Gasteiger partial charge in [-0.1, -0.05) is 17.7 Å². The van der Waals surface area contributed by atoms with E-state index in [1.165, 1.54) is 23.2 Å². The molecule has 2 aromatic rings. The van der Waals surface area contributed by atoms with E-state index in [4.69, 9.17) is 5.73 Å². The second-order valence-corrected chi connectivity index (χ2v) is 4.68. The lowest BCUT2D eigenvalue weighted by Gasteiger charge is -2.05. The van der Waals surface area contributed by atoms with Gasteiger partial charge in [0.05, 0.1) is 11.4 Å². The highest BCUT2D eigenvalue weighted by molar-refractivity contribution is 5.40. The molecule has 3 heteroatoms. The van der Waals surface area contributed by atoms with Crippen LogP contribution < -0.4 is 5.73 Å². The molecule has 0 spiro atoms. The average molecular weight is 227 g/mol. The van der Waals surface area contributed by atoms with Gasteiger partial charge >= 0.3 is 0 Å². The van der Waals surface area contributed by atoms with E-state index in [0.717, 1.165) is 24.2 Å². The lowest BCUT2D eigenvalue weighted by Crippen LogP contribution is -2.03. The zero-order chi connectivity index (χ0) is 11.8. The molecule has 88 valence electrons. The number of aromatic nitrogens is 2. The van der Waals surface area contributed by atoms with Crippen LogP contribution in [0.2, 0.25) is 0 Å². The Bertz CT molecular complexity index is 537. The fourth-order valence-electron chi connectivity index (χ4n) is 2.58. The van der Waals surface area contributed by atoms with Crippen molar-refractivity contribution in [1.29, 1.82) is 0 Å². The molecule has 0 amide bonds. The van der Waals surface area contributed by atoms with Crippen molar-refractivity contribution < 1.29 is 0 Å². The number of hydrogen-bond donors (Lipinski definition) is 1. The van der Waals surface area contributed by atoms with Crippen molar-refractivity contribution >= 4 is 0 Å². The summed E-state index contributed by atoms with van der Waals surface area (Å²) in [5.74, 6) is 0. The third kappa shape index (κ3) is 1.67. The van der Waals surface area contributed by atoms with E-state index in [9.17, 15) is 0 Å². The molecule has 1 aromatic heterocycles. The monoisotopic (exact) mass is 227 g/mol. The molecule has 1 aliphatic carbocycles. The van der Waals surface area contributed by atoms with Gasteiger partial charge in [-0.2, -0.15) is 5.10 Å². The van der Waals surface area contributed by atoms with Gasteiger partial charge in [-0.05, 0) is 43.9 Å². The zero-order valence-electron chi connectivity index (χ0n) is 10.1. The van der Waals surface area contributed by atoms with E-state index in [2.05, 4.69) is 41.0 Å². The van der Waals surface area contributed by atoms with Crippen LogP contribution in [0.15, 0.2) is 24.3 Å². The van der Waals surface area contributed by atoms with E-state index in [0.29, 0.717) is 6.54 Å². The molecule has 0 bridgehead atoms. The third-order valence-electron chi connectivity index (χ3n) is 3.49. The fraction of sp³-hybridized carbons (Fsp3) is 0.357. The van der Waals surface area contributed by atoms with Crippen molar-refractivity contribution in [3.8, 4) is 5.69 Å². The van der Waals surface area contributed by atoms with Gasteiger partial charge in [-0.25, -0.2) is 4.68 Å². The minimum Gasteiger partial charge on any atom is -0.325 e. The van der Waals surface area contributed by atoms with Crippen LogP contribution in [-0.4, -0.2) is 9.78 Å². The number of rotatable bonds is 2. The maximum Gasteiger partial charge on any atom is 0.0799 e. The Balaban J connectivity index is 2.12. The molecule has 0 radical (unpaired) electrons. The second kappa shape index (κ2) is 4.00. The van der Waals surface area contributed by atoms with Crippen LogP contribution >= 0.6 is 0 Å². The molecular formula is C14H17N3. The van der Waals surface area contributed by atoms with E-state index < -0.39 is 0 Å². The molecule has 17 heavy (non-hydrogen) atoms. The highest BCUT2D eigenvalue weighted by Gasteiger charge is 2.21. The molecular weight excluding hydrogens is 210 g/mol. The van der Waals surface area contributed by atoms with E-state index in [1.54, 1.807) is 0 Å². The number of hydrogen-bond acceptors (Lipinski definition) is 2. The number of nitrogens with two attached hydrogens (primary N) is 1. The highest BCUT2D eigenvalue weighted by atomic mass is 15.3. The summed E-state index contributed by atoms with van der Waals surface area (Å²) in [6, 6.07) is 8.50. The van der Waals surface area contributed by atoms with Crippen LogP contribution in [-0.2, 0) is 19.4 Å². The van der Waals surface area contributed by atoms with Crippen LogP contribution in [0.1, 0.15) is 28.9 Å². The Labute approximate surface area is 101 Å². The first-order valence-corrected chi connectivity index (χ1v) is 6.16. The van der Waals surface area contributed by atoms with Gasteiger partial charge in [-0.15, -0.1) is 0 Å². The summed E-state index contributed by atoms with van der Waals surface area (Å²) in [6.45, 7) is 2.64. The molecule has 0 saturated carbocycles. The Morgan fingerprint density at radius 1 is 1.24 bits per heavy atom. The van der Waals surface area contributed by atoms with Crippen LogP contribution in [0.4, 0.5) is 0 Å². The Hall–Kier alpha value is -1.61. The zero-order valence-corrected chi connectivity index (χ0v) is 10.1. The molecule has 1 aliphatic rings. The quantitative estimate of drug-likeness (QED) is 0.854. The van der Waals surface area contributed by atoms with Crippen LogP contribution in [0.25, 0.3) is 5.69 Å². The molecule has 3 nitrogen and oxygen atoms in total. The number of benzene rings is 1. The van der Waals surface area contributed by atoms with Gasteiger partial charge in [0.1, 0.15) is 0 Å². The topological polar surface area (TPSA) is 43.8 Å². The molecule has 0 aliphatic heterocycles. The summed E-state index contributed by atoms with van der Waals surface area (Å²) in [4.78, 5) is 0. The van der Waals surface area contributed by atoms with Gasteiger partial charge < -0.3 is 5.73 Å². The van der Waals surface area contributed by atoms with Gasteiger partial charge in [-0.3, -0.25) is 0 Å². The molecule has 0 saturated heterocycles. The predicted molar refractivity (Wildman–Crippen MR) is 68.2 cm³/mol. The second-order valence-electron chi connectivity index (χ2n) is 4.68. The fourth-order valence-corrected chi connectivity index (χ4v) is 2.58. The first-order chi connectivity index (χ1) is 8.29. The number of nitrogens with zero attached hydrogens (tertiary/aromatic N) is 2. The van der Waals surface area contributed by atoms with Gasteiger partial charge in [0.2, 0.25) is 0 Å². The van der Waals surface area contributed by atoms with E-state index >= 15 is 0 Å². The summed E-state index contributed by atoms with van der Waals surface area (Å²) in [7, 11) is 0. The van der Waals surface area contributed by atoms with Crippen molar-refractivity contribution in [2.45, 2.75) is 32.7 Å². The first-order valence-electron chi connectivity index (χ1n) is 6.16.